The van der Waals surface area contributed by atoms with Gasteiger partial charge in [0, 0.05) is 0 Å². The molecule has 0 saturated heterocycles. The fourth-order valence-corrected chi connectivity index (χ4v) is 3.11. The van der Waals surface area contributed by atoms with Crippen LogP contribution in [0, 0.1) is 0 Å². The first kappa shape index (κ1) is 15.0. The van der Waals surface area contributed by atoms with Gasteiger partial charge in [-0.25, -0.2) is 0 Å². The van der Waals surface area contributed by atoms with Gasteiger partial charge >= 0.3 is 105 Å². The Balaban J connectivity index is 0.000000722. The molecule has 85 valence electrons. The van der Waals surface area contributed by atoms with Crippen molar-refractivity contribution >= 4 is 16.8 Å². The predicted octanol–water partition coefficient (Wildman–Crippen LogP) is -2.15. The molecule has 1 aliphatic carbocycles. The van der Waals surface area contributed by atoms with Gasteiger partial charge in [-0.2, -0.15) is 0 Å². The minimum atomic E-state index is 0. The number of rotatable bonds is 0. The van der Waals surface area contributed by atoms with Gasteiger partial charge in [-0.05, 0) is 0 Å². The first-order valence-electron chi connectivity index (χ1n) is 5.18. The van der Waals surface area contributed by atoms with Crippen molar-refractivity contribution in [3.05, 3.63) is 53.1 Å². The fourth-order valence-electron chi connectivity index (χ4n) is 2.28. The van der Waals surface area contributed by atoms with Gasteiger partial charge in [0.15, 0.2) is 0 Å². The van der Waals surface area contributed by atoms with Crippen LogP contribution >= 0.6 is 0 Å². The molecular formula is C14H11Cl2Zr. The van der Waals surface area contributed by atoms with E-state index in [1.165, 1.54) is 27.5 Å². The summed E-state index contributed by atoms with van der Waals surface area (Å²) in [4.78, 5) is 0. The molecule has 0 aliphatic heterocycles. The normalized spacial score (nSPS) is 16.9. The minimum Gasteiger partial charge on any atom is -1.00 e. The maximum Gasteiger partial charge on any atom is -1.00 e. The van der Waals surface area contributed by atoms with Crippen molar-refractivity contribution in [1.29, 1.82) is 0 Å². The fraction of sp³-hybridized carbons (Fsp3) is 0.143. The second-order valence-corrected chi connectivity index (χ2v) is 5.53. The number of fused-ring (bicyclic) bond motifs is 3. The van der Waals surface area contributed by atoms with Crippen LogP contribution in [0.2, 0.25) is 0 Å². The summed E-state index contributed by atoms with van der Waals surface area (Å²) in [6.45, 7) is 2.24. The van der Waals surface area contributed by atoms with Gasteiger partial charge in [0.05, 0.1) is 0 Å². The van der Waals surface area contributed by atoms with Gasteiger partial charge in [-0.3, -0.25) is 0 Å². The Kier molecular flexibility index (Phi) is 5.01. The van der Waals surface area contributed by atoms with E-state index >= 15 is 0 Å². The third-order valence-electron chi connectivity index (χ3n) is 3.14. The first-order chi connectivity index (χ1) is 7.27. The molecule has 0 nitrogen and oxygen atoms in total. The van der Waals surface area contributed by atoms with Crippen molar-refractivity contribution in [2.75, 3.05) is 0 Å². The smallest absolute Gasteiger partial charge is 1.00 e. The van der Waals surface area contributed by atoms with E-state index < -0.39 is 0 Å². The Labute approximate surface area is 129 Å². The van der Waals surface area contributed by atoms with Gasteiger partial charge in [0.1, 0.15) is 0 Å². The maximum atomic E-state index is 2.36. The van der Waals surface area contributed by atoms with Crippen molar-refractivity contribution in [1.82, 2.24) is 0 Å². The van der Waals surface area contributed by atoms with Crippen molar-refractivity contribution in [3.8, 4) is 0 Å². The van der Waals surface area contributed by atoms with Gasteiger partial charge < -0.3 is 24.8 Å². The quantitative estimate of drug-likeness (QED) is 0.513. The third-order valence-corrected chi connectivity index (χ3v) is 5.03. The van der Waals surface area contributed by atoms with Crippen molar-refractivity contribution in [2.45, 2.75) is 10.5 Å². The van der Waals surface area contributed by atoms with Crippen LogP contribution in [0.5, 0.6) is 0 Å². The zero-order chi connectivity index (χ0) is 10.4. The Hall–Kier alpha value is -0.0969. The summed E-state index contributed by atoms with van der Waals surface area (Å²) in [7, 11) is 0. The zero-order valence-corrected chi connectivity index (χ0v) is 13.3. The molecule has 3 rings (SSSR count). The molecular weight excluding hydrogens is 330 g/mol. The van der Waals surface area contributed by atoms with Gasteiger partial charge in [0.2, 0.25) is 0 Å². The van der Waals surface area contributed by atoms with Crippen molar-refractivity contribution in [3.63, 3.8) is 0 Å². The van der Waals surface area contributed by atoms with Gasteiger partial charge in [-0.1, -0.05) is 0 Å². The standard InChI is InChI=1S/C14H11.2ClH.Zr/c1-10-8-12-7-6-11-4-2-3-5-13(11)14(12)9-10;;;/h2-9H,1H3;2*1H;/q;;;+2/p-2. The van der Waals surface area contributed by atoms with Crippen LogP contribution in [0.3, 0.4) is 0 Å². The molecule has 0 N–H and O–H groups in total. The molecule has 0 bridgehead atoms. The summed E-state index contributed by atoms with van der Waals surface area (Å²) in [5.41, 5.74) is 4.48. The summed E-state index contributed by atoms with van der Waals surface area (Å²) in [6.07, 6.45) is 2.36. The summed E-state index contributed by atoms with van der Waals surface area (Å²) in [5, 5.41) is 2.75. The molecule has 1 atom stereocenters. The molecule has 1 unspecified atom stereocenters. The third kappa shape index (κ3) is 2.38. The van der Waals surface area contributed by atoms with E-state index in [1.807, 2.05) is 0 Å². The number of hydrogen-bond acceptors (Lipinski definition) is 0. The SMILES string of the molecule is CC1=Cc2c(ccc3ccccc23)[CH]1[Zr+2].[Cl-].[Cl-]. The number of halogens is 2. The first-order valence-corrected chi connectivity index (χ1v) is 6.60. The summed E-state index contributed by atoms with van der Waals surface area (Å²) >= 11 is 1.60. The molecule has 17 heavy (non-hydrogen) atoms. The number of hydrogen-bond donors (Lipinski definition) is 0. The molecule has 0 amide bonds. The van der Waals surface area contributed by atoms with Crippen LogP contribution in [0.15, 0.2) is 42.0 Å². The van der Waals surface area contributed by atoms with E-state index in [-0.39, 0.29) is 24.8 Å². The second-order valence-electron chi connectivity index (χ2n) is 4.11. The van der Waals surface area contributed by atoms with E-state index in [4.69, 9.17) is 0 Å². The van der Waals surface area contributed by atoms with Crippen LogP contribution < -0.4 is 24.8 Å². The van der Waals surface area contributed by atoms with Crippen molar-refractivity contribution in [2.24, 2.45) is 0 Å². The molecule has 0 heterocycles. The average Bonchev–Trinajstić information content (AvgIpc) is 2.56. The van der Waals surface area contributed by atoms with E-state index in [9.17, 15) is 0 Å². The number of allylic oxidation sites excluding steroid dienone is 1. The Morgan fingerprint density at radius 1 is 1.00 bits per heavy atom. The van der Waals surface area contributed by atoms with Gasteiger partial charge in [0.25, 0.3) is 0 Å². The largest absolute Gasteiger partial charge is 1.00 e. The molecule has 0 spiro atoms. The molecule has 0 radical (unpaired) electrons. The molecule has 0 aromatic heterocycles. The van der Waals surface area contributed by atoms with E-state index in [0.717, 1.165) is 0 Å². The Morgan fingerprint density at radius 2 is 1.71 bits per heavy atom. The van der Waals surface area contributed by atoms with Crippen LogP contribution in [0.4, 0.5) is 0 Å². The maximum absolute atomic E-state index is 2.36. The van der Waals surface area contributed by atoms with Crippen LogP contribution in [-0.2, 0) is 24.7 Å². The molecule has 3 heteroatoms. The van der Waals surface area contributed by atoms with Crippen LogP contribution in [0.25, 0.3) is 16.8 Å². The monoisotopic (exact) mass is 339 g/mol. The Morgan fingerprint density at radius 3 is 2.47 bits per heavy atom. The molecule has 0 fully saturated rings. The second kappa shape index (κ2) is 5.70. The van der Waals surface area contributed by atoms with E-state index in [1.54, 1.807) is 24.7 Å². The molecule has 1 aliphatic rings. The predicted molar refractivity (Wildman–Crippen MR) is 60.3 cm³/mol. The zero-order valence-electron chi connectivity index (χ0n) is 9.37. The molecule has 2 aromatic carbocycles. The Bertz CT molecular complexity index is 575. The van der Waals surface area contributed by atoms with Crippen LogP contribution in [-0.4, -0.2) is 0 Å². The van der Waals surface area contributed by atoms with Crippen molar-refractivity contribution < 1.29 is 49.5 Å². The van der Waals surface area contributed by atoms with E-state index in [2.05, 4.69) is 49.4 Å². The van der Waals surface area contributed by atoms with E-state index in [0.29, 0.717) is 3.63 Å². The average molecular weight is 341 g/mol. The summed E-state index contributed by atoms with van der Waals surface area (Å²) in [5.74, 6) is 0. The summed E-state index contributed by atoms with van der Waals surface area (Å²) in [6, 6.07) is 13.2. The topological polar surface area (TPSA) is 0 Å². The molecule has 2 aromatic rings. The van der Waals surface area contributed by atoms with Gasteiger partial charge in [-0.15, -0.1) is 0 Å². The van der Waals surface area contributed by atoms with Crippen LogP contribution in [0.1, 0.15) is 21.7 Å². The number of benzene rings is 2. The molecule has 0 saturated carbocycles. The summed E-state index contributed by atoms with van der Waals surface area (Å²) < 4.78 is 0.678. The minimum absolute atomic E-state index is 0.